The Hall–Kier alpha value is -2.84. The summed E-state index contributed by atoms with van der Waals surface area (Å²) in [7, 11) is 0. The van der Waals surface area contributed by atoms with Crippen LogP contribution in [0.2, 0.25) is 0 Å². The average molecular weight is 351 g/mol. The number of nitrogens with one attached hydrogen (secondary N) is 1. The van der Waals surface area contributed by atoms with Crippen LogP contribution >= 0.6 is 11.8 Å². The molecule has 0 aromatic heterocycles. The van der Waals surface area contributed by atoms with Crippen LogP contribution in [0.3, 0.4) is 0 Å². The van der Waals surface area contributed by atoms with Gasteiger partial charge in [0, 0.05) is 17.5 Å². The van der Waals surface area contributed by atoms with E-state index in [1.165, 1.54) is 0 Å². The maximum atomic E-state index is 12.4. The normalized spacial score (nSPS) is 11.2. The van der Waals surface area contributed by atoms with Crippen LogP contribution in [-0.2, 0) is 4.79 Å². The van der Waals surface area contributed by atoms with Crippen molar-refractivity contribution in [2.75, 3.05) is 5.75 Å². The van der Waals surface area contributed by atoms with E-state index in [1.807, 2.05) is 0 Å². The van der Waals surface area contributed by atoms with Gasteiger partial charge < -0.3 is 5.32 Å². The lowest BCUT2D eigenvalue weighted by molar-refractivity contribution is -0.112. The lowest BCUT2D eigenvalue weighted by atomic mass is 10.0. The van der Waals surface area contributed by atoms with Gasteiger partial charge in [0.15, 0.2) is 5.78 Å². The summed E-state index contributed by atoms with van der Waals surface area (Å²) in [5.41, 5.74) is 0.922. The minimum Gasteiger partial charge on any atom is -0.341 e. The average Bonchev–Trinajstić information content (AvgIpc) is 2.66. The number of ketones is 1. The van der Waals surface area contributed by atoms with Gasteiger partial charge in [-0.15, -0.1) is 6.42 Å². The van der Waals surface area contributed by atoms with E-state index in [1.54, 1.807) is 60.7 Å². The Kier molecular flexibility index (Phi) is 7.00. The number of Topliss-reactive ketones (excluding diaryl/α,β-unsaturated/α-hetero) is 1. The van der Waals surface area contributed by atoms with Crippen molar-refractivity contribution in [2.45, 2.75) is 12.5 Å². The number of carbonyl (C=O) groups excluding carboxylic acids is 3. The molecule has 2 aromatic carbocycles. The zero-order valence-electron chi connectivity index (χ0n) is 13.5. The number of terminal acetylenes is 1. The molecule has 1 N–H and O–H groups in total. The third-order valence-electron chi connectivity index (χ3n) is 3.41. The molecule has 0 bridgehead atoms. The predicted molar refractivity (Wildman–Crippen MR) is 99.4 cm³/mol. The van der Waals surface area contributed by atoms with Gasteiger partial charge in [-0.05, 0) is 12.1 Å². The molecule has 0 spiro atoms. The highest BCUT2D eigenvalue weighted by Gasteiger charge is 2.25. The molecule has 0 radical (unpaired) electrons. The van der Waals surface area contributed by atoms with Gasteiger partial charge in [-0.25, -0.2) is 0 Å². The van der Waals surface area contributed by atoms with Crippen LogP contribution in [-0.4, -0.2) is 28.6 Å². The summed E-state index contributed by atoms with van der Waals surface area (Å²) in [4.78, 5) is 37.1. The molecule has 0 saturated heterocycles. The largest absolute Gasteiger partial charge is 0.341 e. The quantitative estimate of drug-likeness (QED) is 0.615. The number of hydrogen-bond acceptors (Lipinski definition) is 4. The fraction of sp³-hybridized carbons (Fsp3) is 0.150. The summed E-state index contributed by atoms with van der Waals surface area (Å²) >= 11 is 0.917. The lowest BCUT2D eigenvalue weighted by Gasteiger charge is -2.16. The van der Waals surface area contributed by atoms with Crippen LogP contribution in [0.4, 0.5) is 0 Å². The highest BCUT2D eigenvalue weighted by Crippen LogP contribution is 2.13. The molecule has 0 aliphatic carbocycles. The van der Waals surface area contributed by atoms with Crippen molar-refractivity contribution >= 4 is 28.6 Å². The van der Waals surface area contributed by atoms with Gasteiger partial charge in [-0.2, -0.15) is 0 Å². The second-order valence-corrected chi connectivity index (χ2v) is 6.18. The topological polar surface area (TPSA) is 63.2 Å². The van der Waals surface area contributed by atoms with E-state index in [4.69, 9.17) is 6.42 Å². The smallest absolute Gasteiger partial charge is 0.251 e. The molecular formula is C20H17NO3S. The summed E-state index contributed by atoms with van der Waals surface area (Å²) in [6.45, 7) is 0. The van der Waals surface area contributed by atoms with Gasteiger partial charge in [0.25, 0.3) is 5.91 Å². The van der Waals surface area contributed by atoms with Gasteiger partial charge in [-0.1, -0.05) is 66.2 Å². The molecule has 0 saturated carbocycles. The second kappa shape index (κ2) is 9.45. The van der Waals surface area contributed by atoms with Crippen molar-refractivity contribution in [2.24, 2.45) is 0 Å². The fourth-order valence-corrected chi connectivity index (χ4v) is 2.73. The molecule has 0 heterocycles. The Morgan fingerprint density at radius 2 is 1.52 bits per heavy atom. The molecule has 1 amide bonds. The molecular weight excluding hydrogens is 334 g/mol. The highest BCUT2D eigenvalue weighted by atomic mass is 32.2. The molecule has 0 fully saturated rings. The van der Waals surface area contributed by atoms with E-state index < -0.39 is 11.9 Å². The van der Waals surface area contributed by atoms with Gasteiger partial charge in [0.1, 0.15) is 6.04 Å². The third-order valence-corrected chi connectivity index (χ3v) is 4.29. The minimum absolute atomic E-state index is 0.112. The van der Waals surface area contributed by atoms with Crippen LogP contribution in [0, 0.1) is 12.3 Å². The van der Waals surface area contributed by atoms with E-state index in [2.05, 4.69) is 11.2 Å². The van der Waals surface area contributed by atoms with Crippen LogP contribution in [0.25, 0.3) is 0 Å². The van der Waals surface area contributed by atoms with E-state index in [-0.39, 0.29) is 23.1 Å². The van der Waals surface area contributed by atoms with Gasteiger partial charge in [0.05, 0.1) is 5.75 Å². The van der Waals surface area contributed by atoms with Gasteiger partial charge in [0.2, 0.25) is 5.12 Å². The first-order valence-corrected chi connectivity index (χ1v) is 8.64. The Labute approximate surface area is 151 Å². The van der Waals surface area contributed by atoms with E-state index in [0.29, 0.717) is 11.1 Å². The monoisotopic (exact) mass is 351 g/mol. The summed E-state index contributed by atoms with van der Waals surface area (Å²) in [6, 6.07) is 16.3. The Morgan fingerprint density at radius 3 is 2.08 bits per heavy atom. The standard InChI is InChI=1S/C20H17NO3S/c1-2-13-25-20(24)17(14-18(22)15-9-5-3-6-10-15)21-19(23)16-11-7-4-8-12-16/h1,3-12,17H,13-14H2,(H,21,23). The van der Waals surface area contributed by atoms with Crippen molar-refractivity contribution in [3.05, 3.63) is 71.8 Å². The zero-order chi connectivity index (χ0) is 18.1. The predicted octanol–water partition coefficient (Wildman–Crippen LogP) is 2.95. The molecule has 4 nitrogen and oxygen atoms in total. The molecule has 2 rings (SSSR count). The van der Waals surface area contributed by atoms with Crippen LogP contribution < -0.4 is 5.32 Å². The Balaban J connectivity index is 2.12. The maximum absolute atomic E-state index is 12.4. The maximum Gasteiger partial charge on any atom is 0.251 e. The van der Waals surface area contributed by atoms with Crippen molar-refractivity contribution in [1.29, 1.82) is 0 Å². The second-order valence-electron chi connectivity index (χ2n) is 5.20. The summed E-state index contributed by atoms with van der Waals surface area (Å²) in [5, 5.41) is 2.32. The van der Waals surface area contributed by atoms with Gasteiger partial charge >= 0.3 is 0 Å². The summed E-state index contributed by atoms with van der Waals surface area (Å²) < 4.78 is 0. The van der Waals surface area contributed by atoms with Crippen molar-refractivity contribution in [3.63, 3.8) is 0 Å². The number of carbonyl (C=O) groups is 3. The fourth-order valence-electron chi connectivity index (χ4n) is 2.17. The van der Waals surface area contributed by atoms with E-state index in [0.717, 1.165) is 11.8 Å². The first-order chi connectivity index (χ1) is 12.1. The molecule has 25 heavy (non-hydrogen) atoms. The van der Waals surface area contributed by atoms with E-state index in [9.17, 15) is 14.4 Å². The molecule has 5 heteroatoms. The zero-order valence-corrected chi connectivity index (χ0v) is 14.3. The number of thioether (sulfide) groups is 1. The Bertz CT molecular complexity index is 728. The van der Waals surface area contributed by atoms with Crippen LogP contribution in [0.15, 0.2) is 60.7 Å². The number of hydrogen-bond donors (Lipinski definition) is 1. The molecule has 126 valence electrons. The number of benzene rings is 2. The van der Waals surface area contributed by atoms with Crippen LogP contribution in [0.1, 0.15) is 27.1 Å². The minimum atomic E-state index is -0.932. The SMILES string of the molecule is C#CCSC(=O)C(CC(=O)c1ccccc1)NC(=O)c1ccccc1. The molecule has 2 aromatic rings. The molecule has 1 atom stereocenters. The summed E-state index contributed by atoms with van der Waals surface area (Å²) in [5.74, 6) is 1.94. The molecule has 1 unspecified atom stereocenters. The van der Waals surface area contributed by atoms with E-state index >= 15 is 0 Å². The lowest BCUT2D eigenvalue weighted by Crippen LogP contribution is -2.41. The van der Waals surface area contributed by atoms with Crippen LogP contribution in [0.5, 0.6) is 0 Å². The van der Waals surface area contributed by atoms with Gasteiger partial charge in [-0.3, -0.25) is 14.4 Å². The number of amides is 1. The van der Waals surface area contributed by atoms with Crippen molar-refractivity contribution < 1.29 is 14.4 Å². The van der Waals surface area contributed by atoms with Crippen molar-refractivity contribution in [3.8, 4) is 12.3 Å². The highest BCUT2D eigenvalue weighted by molar-refractivity contribution is 8.13. The number of rotatable bonds is 7. The third kappa shape index (κ3) is 5.63. The summed E-state index contributed by atoms with van der Waals surface area (Å²) in [6.07, 6.45) is 5.07. The first kappa shape index (κ1) is 18.5. The van der Waals surface area contributed by atoms with Crippen molar-refractivity contribution in [1.82, 2.24) is 5.32 Å². The molecule has 0 aliphatic heterocycles. The molecule has 0 aliphatic rings. The first-order valence-electron chi connectivity index (χ1n) is 7.66. The Morgan fingerprint density at radius 1 is 0.960 bits per heavy atom.